The van der Waals surface area contributed by atoms with Crippen molar-refractivity contribution < 1.29 is 9.18 Å². The summed E-state index contributed by atoms with van der Waals surface area (Å²) in [6.45, 7) is 7.25. The van der Waals surface area contributed by atoms with Gasteiger partial charge in [0, 0.05) is 58.0 Å². The van der Waals surface area contributed by atoms with Gasteiger partial charge in [-0.2, -0.15) is 0 Å². The molecule has 2 aliphatic heterocycles. The number of carbonyl (C=O) groups is 1. The summed E-state index contributed by atoms with van der Waals surface area (Å²) in [7, 11) is 0. The molecule has 2 aliphatic rings. The van der Waals surface area contributed by atoms with Crippen molar-refractivity contribution >= 4 is 11.7 Å². The van der Waals surface area contributed by atoms with Crippen LogP contribution in [0.25, 0.3) is 0 Å². The van der Waals surface area contributed by atoms with E-state index in [9.17, 15) is 9.18 Å². The van der Waals surface area contributed by atoms with Crippen molar-refractivity contribution in [3.63, 3.8) is 0 Å². The van der Waals surface area contributed by atoms with Crippen LogP contribution in [0.5, 0.6) is 0 Å². The van der Waals surface area contributed by atoms with Gasteiger partial charge >= 0.3 is 6.03 Å². The molecule has 0 bridgehead atoms. The number of urea groups is 1. The number of anilines is 1. The van der Waals surface area contributed by atoms with Gasteiger partial charge in [-0.15, -0.1) is 0 Å². The number of primary amides is 1. The normalized spacial score (nSPS) is 18.4. The molecule has 6 nitrogen and oxygen atoms in total. The average Bonchev–Trinajstić information content (AvgIpc) is 2.58. The van der Waals surface area contributed by atoms with E-state index in [0.29, 0.717) is 0 Å². The summed E-state index contributed by atoms with van der Waals surface area (Å²) in [4.78, 5) is 14.4. The third-order valence-corrected chi connectivity index (χ3v) is 3.74. The van der Waals surface area contributed by atoms with Gasteiger partial charge in [-0.3, -0.25) is 0 Å². The first-order valence-electron chi connectivity index (χ1n) is 7.63. The van der Waals surface area contributed by atoms with Gasteiger partial charge in [0.25, 0.3) is 0 Å². The Balaban J connectivity index is 0.000000172. The van der Waals surface area contributed by atoms with Crippen LogP contribution in [0.4, 0.5) is 14.9 Å². The zero-order valence-corrected chi connectivity index (χ0v) is 12.7. The Morgan fingerprint density at radius 2 is 1.45 bits per heavy atom. The fourth-order valence-corrected chi connectivity index (χ4v) is 2.46. The lowest BCUT2D eigenvalue weighted by Crippen LogP contribution is -2.48. The van der Waals surface area contributed by atoms with Crippen LogP contribution in [0, 0.1) is 5.82 Å². The fourth-order valence-electron chi connectivity index (χ4n) is 2.46. The maximum Gasteiger partial charge on any atom is 0.314 e. The second-order valence-corrected chi connectivity index (χ2v) is 5.29. The third-order valence-electron chi connectivity index (χ3n) is 3.74. The lowest BCUT2D eigenvalue weighted by Gasteiger charge is -2.29. The number of nitrogens with one attached hydrogen (secondary N) is 2. The zero-order chi connectivity index (χ0) is 15.8. The van der Waals surface area contributed by atoms with E-state index in [1.807, 2.05) is 12.1 Å². The van der Waals surface area contributed by atoms with Crippen molar-refractivity contribution in [1.29, 1.82) is 0 Å². The molecule has 2 saturated heterocycles. The Morgan fingerprint density at radius 3 is 1.91 bits per heavy atom. The topological polar surface area (TPSA) is 73.6 Å². The lowest BCUT2D eigenvalue weighted by molar-refractivity contribution is 0.200. The van der Waals surface area contributed by atoms with Crippen molar-refractivity contribution in [1.82, 2.24) is 15.5 Å². The number of piperazine rings is 2. The van der Waals surface area contributed by atoms with Crippen molar-refractivity contribution in [2.75, 3.05) is 57.3 Å². The molecular formula is C15H24FN5O. The second kappa shape index (κ2) is 8.55. The minimum Gasteiger partial charge on any atom is -0.369 e. The number of rotatable bonds is 1. The smallest absolute Gasteiger partial charge is 0.314 e. The molecule has 122 valence electrons. The number of hydrogen-bond acceptors (Lipinski definition) is 4. The first-order valence-corrected chi connectivity index (χ1v) is 7.63. The quantitative estimate of drug-likeness (QED) is 0.693. The fraction of sp³-hybridized carbons (Fsp3) is 0.533. The zero-order valence-electron chi connectivity index (χ0n) is 12.7. The molecule has 0 unspecified atom stereocenters. The van der Waals surface area contributed by atoms with Gasteiger partial charge in [0.2, 0.25) is 0 Å². The van der Waals surface area contributed by atoms with Crippen molar-refractivity contribution in [3.05, 3.63) is 30.1 Å². The van der Waals surface area contributed by atoms with Crippen LogP contribution in [0.3, 0.4) is 0 Å². The highest BCUT2D eigenvalue weighted by molar-refractivity contribution is 5.72. The molecule has 22 heavy (non-hydrogen) atoms. The van der Waals surface area contributed by atoms with Gasteiger partial charge in [-0.05, 0) is 24.3 Å². The molecule has 3 rings (SSSR count). The molecule has 0 aliphatic carbocycles. The van der Waals surface area contributed by atoms with E-state index in [4.69, 9.17) is 5.73 Å². The van der Waals surface area contributed by atoms with Crippen molar-refractivity contribution in [3.8, 4) is 0 Å². The molecule has 2 amide bonds. The molecule has 1 aromatic rings. The van der Waals surface area contributed by atoms with Crippen LogP contribution in [0.2, 0.25) is 0 Å². The molecule has 4 N–H and O–H groups in total. The minimum absolute atomic E-state index is 0.168. The number of nitrogens with two attached hydrogens (primary N) is 1. The molecular weight excluding hydrogens is 285 g/mol. The van der Waals surface area contributed by atoms with Crippen LogP contribution in [-0.4, -0.2) is 63.3 Å². The number of carbonyl (C=O) groups excluding carboxylic acids is 1. The molecule has 1 aromatic carbocycles. The highest BCUT2D eigenvalue weighted by Gasteiger charge is 2.11. The van der Waals surface area contributed by atoms with Gasteiger partial charge in [-0.25, -0.2) is 9.18 Å². The van der Waals surface area contributed by atoms with Gasteiger partial charge in [0.1, 0.15) is 5.82 Å². The molecule has 0 atom stereocenters. The Hall–Kier alpha value is -1.86. The maximum atomic E-state index is 12.6. The summed E-state index contributed by atoms with van der Waals surface area (Å²) in [6.07, 6.45) is 0. The molecule has 0 saturated carbocycles. The van der Waals surface area contributed by atoms with Crippen LogP contribution in [0.15, 0.2) is 24.3 Å². The van der Waals surface area contributed by atoms with E-state index in [1.165, 1.54) is 12.1 Å². The van der Waals surface area contributed by atoms with E-state index < -0.39 is 0 Å². The van der Waals surface area contributed by atoms with E-state index in [0.717, 1.165) is 58.0 Å². The summed E-state index contributed by atoms with van der Waals surface area (Å²) in [5.41, 5.74) is 6.14. The molecule has 0 aromatic heterocycles. The predicted octanol–water partition coefficient (Wildman–Crippen LogP) is 0.206. The highest BCUT2D eigenvalue weighted by Crippen LogP contribution is 2.14. The Morgan fingerprint density at radius 1 is 0.955 bits per heavy atom. The van der Waals surface area contributed by atoms with Crippen LogP contribution < -0.4 is 21.3 Å². The maximum absolute atomic E-state index is 12.6. The van der Waals surface area contributed by atoms with E-state index in [2.05, 4.69) is 15.5 Å². The second-order valence-electron chi connectivity index (χ2n) is 5.29. The van der Waals surface area contributed by atoms with Crippen molar-refractivity contribution in [2.24, 2.45) is 5.73 Å². The number of hydrogen-bond donors (Lipinski definition) is 3. The van der Waals surface area contributed by atoms with E-state index in [1.54, 1.807) is 4.90 Å². The summed E-state index contributed by atoms with van der Waals surface area (Å²) in [6, 6.07) is 6.38. The Labute approximate surface area is 130 Å². The SMILES string of the molecule is Fc1ccc(N2CCNCC2)cc1.NC(=O)N1CCNCC1. The van der Waals surface area contributed by atoms with Gasteiger partial charge in [-0.1, -0.05) is 0 Å². The summed E-state index contributed by atoms with van der Waals surface area (Å²) >= 11 is 0. The van der Waals surface area contributed by atoms with Crippen LogP contribution in [-0.2, 0) is 0 Å². The standard InChI is InChI=1S/C10H13FN2.C5H11N3O/c11-9-1-3-10(4-2-9)13-7-5-12-6-8-13;6-5(9)8-3-1-7-2-4-8/h1-4,12H,5-8H2;7H,1-4H2,(H2,6,9). The molecule has 2 heterocycles. The lowest BCUT2D eigenvalue weighted by atomic mass is 10.2. The number of benzene rings is 1. The molecule has 2 fully saturated rings. The van der Waals surface area contributed by atoms with Crippen molar-refractivity contribution in [2.45, 2.75) is 0 Å². The number of nitrogens with zero attached hydrogens (tertiary/aromatic N) is 2. The first-order chi connectivity index (χ1) is 10.7. The molecule has 0 radical (unpaired) electrons. The Kier molecular flexibility index (Phi) is 6.42. The Bertz CT molecular complexity index is 456. The van der Waals surface area contributed by atoms with E-state index >= 15 is 0 Å². The summed E-state index contributed by atoms with van der Waals surface area (Å²) in [5, 5.41) is 6.40. The van der Waals surface area contributed by atoms with Crippen LogP contribution in [0.1, 0.15) is 0 Å². The average molecular weight is 309 g/mol. The molecule has 0 spiro atoms. The third kappa shape index (κ3) is 5.16. The highest BCUT2D eigenvalue weighted by atomic mass is 19.1. The van der Waals surface area contributed by atoms with E-state index in [-0.39, 0.29) is 11.8 Å². The van der Waals surface area contributed by atoms with Gasteiger partial charge in [0.15, 0.2) is 0 Å². The first kappa shape index (κ1) is 16.5. The van der Waals surface area contributed by atoms with Gasteiger partial charge < -0.3 is 26.2 Å². The minimum atomic E-state index is -0.309. The molecule has 7 heteroatoms. The summed E-state index contributed by atoms with van der Waals surface area (Å²) < 4.78 is 12.6. The number of amides is 2. The van der Waals surface area contributed by atoms with Crippen LogP contribution >= 0.6 is 0 Å². The predicted molar refractivity (Wildman–Crippen MR) is 85.5 cm³/mol. The number of halogens is 1. The summed E-state index contributed by atoms with van der Waals surface area (Å²) in [5.74, 6) is -0.168. The largest absolute Gasteiger partial charge is 0.369 e. The van der Waals surface area contributed by atoms with Gasteiger partial charge in [0.05, 0.1) is 0 Å². The monoisotopic (exact) mass is 309 g/mol.